The van der Waals surface area contributed by atoms with Crippen molar-refractivity contribution >= 4 is 17.7 Å². The van der Waals surface area contributed by atoms with Gasteiger partial charge in [-0.3, -0.25) is 4.79 Å². The first kappa shape index (κ1) is 18.0. The minimum atomic E-state index is -0.263. The fourth-order valence-corrected chi connectivity index (χ4v) is 3.91. The van der Waals surface area contributed by atoms with Crippen LogP contribution in [-0.4, -0.2) is 34.8 Å². The number of benzene rings is 2. The number of halogens is 1. The summed E-state index contributed by atoms with van der Waals surface area (Å²) in [7, 11) is 0. The van der Waals surface area contributed by atoms with Gasteiger partial charge in [0.1, 0.15) is 5.82 Å². The van der Waals surface area contributed by atoms with Gasteiger partial charge in [-0.2, -0.15) is 0 Å². The third-order valence-corrected chi connectivity index (χ3v) is 5.45. The van der Waals surface area contributed by atoms with E-state index in [1.165, 1.54) is 12.1 Å². The Labute approximate surface area is 151 Å². The second kappa shape index (κ2) is 8.50. The van der Waals surface area contributed by atoms with Crippen LogP contribution in [0.1, 0.15) is 41.2 Å². The van der Waals surface area contributed by atoms with Crippen LogP contribution in [0.3, 0.4) is 0 Å². The van der Waals surface area contributed by atoms with Gasteiger partial charge in [0.25, 0.3) is 5.91 Å². The van der Waals surface area contributed by atoms with Crippen molar-refractivity contribution in [2.45, 2.75) is 30.2 Å². The zero-order valence-corrected chi connectivity index (χ0v) is 14.8. The van der Waals surface area contributed by atoms with Crippen molar-refractivity contribution in [2.24, 2.45) is 0 Å². The van der Waals surface area contributed by atoms with Crippen molar-refractivity contribution in [3.63, 3.8) is 0 Å². The maximum Gasteiger partial charge on any atom is 0.254 e. The number of nitrogens with zero attached hydrogens (tertiary/aromatic N) is 1. The molecule has 1 N–H and O–H groups in total. The molecule has 2 aromatic rings. The predicted octanol–water partition coefficient (Wildman–Crippen LogP) is 4.28. The highest BCUT2D eigenvalue weighted by Crippen LogP contribution is 2.32. The number of hydrogen-bond donors (Lipinski definition) is 1. The van der Waals surface area contributed by atoms with Gasteiger partial charge < -0.3 is 10.0 Å². The van der Waals surface area contributed by atoms with E-state index in [1.54, 1.807) is 17.8 Å². The maximum atomic E-state index is 13.6. The molecule has 0 spiro atoms. The first-order chi connectivity index (χ1) is 12.2. The van der Waals surface area contributed by atoms with E-state index < -0.39 is 0 Å². The number of aliphatic hydroxyl groups excluding tert-OH is 1. The summed E-state index contributed by atoms with van der Waals surface area (Å²) in [5.74, 6) is 0.370. The number of rotatable bonds is 5. The number of carbonyl (C=O) groups excluding carboxylic acids is 1. The summed E-state index contributed by atoms with van der Waals surface area (Å²) in [6, 6.07) is 14.0. The molecule has 3 rings (SSSR count). The molecule has 0 aromatic heterocycles. The van der Waals surface area contributed by atoms with Crippen LogP contribution < -0.4 is 0 Å². The van der Waals surface area contributed by atoms with Gasteiger partial charge in [0.05, 0.1) is 12.6 Å². The third kappa shape index (κ3) is 4.41. The second-order valence-electron chi connectivity index (χ2n) is 6.16. The van der Waals surface area contributed by atoms with E-state index in [2.05, 4.69) is 0 Å². The van der Waals surface area contributed by atoms with Crippen molar-refractivity contribution in [2.75, 3.05) is 18.9 Å². The van der Waals surface area contributed by atoms with Gasteiger partial charge in [-0.05, 0) is 61.2 Å². The highest BCUT2D eigenvalue weighted by atomic mass is 32.2. The number of hydrogen-bond acceptors (Lipinski definition) is 3. The number of amides is 1. The Morgan fingerprint density at radius 2 is 2.00 bits per heavy atom. The molecule has 5 heteroatoms. The number of carbonyl (C=O) groups is 1. The molecule has 1 aliphatic rings. The SMILES string of the molecule is O=C(c1ccc(SCCO)cc1)N1CCCC[C@H]1c1cccc(F)c1. The summed E-state index contributed by atoms with van der Waals surface area (Å²) < 4.78 is 13.6. The molecule has 0 unspecified atom stereocenters. The van der Waals surface area contributed by atoms with Crippen molar-refractivity contribution in [3.05, 3.63) is 65.5 Å². The molecule has 1 saturated heterocycles. The molecule has 1 aliphatic heterocycles. The van der Waals surface area contributed by atoms with Gasteiger partial charge >= 0.3 is 0 Å². The number of thioether (sulfide) groups is 1. The molecule has 1 atom stereocenters. The Balaban J connectivity index is 1.78. The van der Waals surface area contributed by atoms with Crippen LogP contribution in [0, 0.1) is 5.82 Å². The fourth-order valence-electron chi connectivity index (χ4n) is 3.26. The van der Waals surface area contributed by atoms with Crippen LogP contribution in [0.25, 0.3) is 0 Å². The fraction of sp³-hybridized carbons (Fsp3) is 0.350. The third-order valence-electron chi connectivity index (χ3n) is 4.46. The second-order valence-corrected chi connectivity index (χ2v) is 7.33. The van der Waals surface area contributed by atoms with E-state index >= 15 is 0 Å². The first-order valence-corrected chi connectivity index (χ1v) is 9.58. The van der Waals surface area contributed by atoms with Crippen molar-refractivity contribution in [3.8, 4) is 0 Å². The van der Waals surface area contributed by atoms with Crippen LogP contribution in [0.2, 0.25) is 0 Å². The lowest BCUT2D eigenvalue weighted by Crippen LogP contribution is -2.38. The van der Waals surface area contributed by atoms with Crippen molar-refractivity contribution in [1.82, 2.24) is 4.90 Å². The van der Waals surface area contributed by atoms with Crippen LogP contribution >= 0.6 is 11.8 Å². The molecular formula is C20H22FNO2S. The monoisotopic (exact) mass is 359 g/mol. The largest absolute Gasteiger partial charge is 0.396 e. The lowest BCUT2D eigenvalue weighted by molar-refractivity contribution is 0.0611. The van der Waals surface area contributed by atoms with Crippen molar-refractivity contribution in [1.29, 1.82) is 0 Å². The summed E-state index contributed by atoms with van der Waals surface area (Å²) in [5.41, 5.74) is 1.51. The minimum absolute atomic E-state index is 0.00679. The zero-order chi connectivity index (χ0) is 17.6. The average molecular weight is 359 g/mol. The Bertz CT molecular complexity index is 720. The van der Waals surface area contributed by atoms with Gasteiger partial charge in [0.15, 0.2) is 0 Å². The summed E-state index contributed by atoms with van der Waals surface area (Å²) in [4.78, 5) is 15.9. The van der Waals surface area contributed by atoms with Crippen LogP contribution in [0.5, 0.6) is 0 Å². The lowest BCUT2D eigenvalue weighted by atomic mass is 9.94. The van der Waals surface area contributed by atoms with E-state index in [9.17, 15) is 9.18 Å². The molecule has 0 bridgehead atoms. The van der Waals surface area contributed by atoms with E-state index in [0.717, 1.165) is 29.7 Å². The molecule has 1 amide bonds. The molecule has 0 radical (unpaired) electrons. The number of likely N-dealkylation sites (tertiary alicyclic amines) is 1. The van der Waals surface area contributed by atoms with Crippen LogP contribution in [-0.2, 0) is 0 Å². The normalized spacial score (nSPS) is 17.5. The Morgan fingerprint density at radius 3 is 2.72 bits per heavy atom. The quantitative estimate of drug-likeness (QED) is 0.810. The van der Waals surface area contributed by atoms with E-state index in [-0.39, 0.29) is 24.4 Å². The molecule has 132 valence electrons. The first-order valence-electron chi connectivity index (χ1n) is 8.59. The standard InChI is InChI=1S/C20H22FNO2S/c21-17-5-3-4-16(14-17)19-6-1-2-11-22(19)20(24)15-7-9-18(10-8-15)25-13-12-23/h3-5,7-10,14,19,23H,1-2,6,11-13H2/t19-/m0/s1. The summed E-state index contributed by atoms with van der Waals surface area (Å²) >= 11 is 1.56. The number of piperidine rings is 1. The van der Waals surface area contributed by atoms with Gasteiger partial charge in [-0.15, -0.1) is 11.8 Å². The highest BCUT2D eigenvalue weighted by molar-refractivity contribution is 7.99. The average Bonchev–Trinajstić information content (AvgIpc) is 2.66. The van der Waals surface area contributed by atoms with Gasteiger partial charge in [0, 0.05) is 22.8 Å². The molecular weight excluding hydrogens is 337 g/mol. The van der Waals surface area contributed by atoms with Crippen molar-refractivity contribution < 1.29 is 14.3 Å². The summed E-state index contributed by atoms with van der Waals surface area (Å²) in [6.45, 7) is 0.829. The minimum Gasteiger partial charge on any atom is -0.396 e. The van der Waals surface area contributed by atoms with Crippen LogP contribution in [0.4, 0.5) is 4.39 Å². The Hall–Kier alpha value is -1.85. The zero-order valence-electron chi connectivity index (χ0n) is 14.0. The summed E-state index contributed by atoms with van der Waals surface area (Å²) in [6.07, 6.45) is 2.88. The molecule has 25 heavy (non-hydrogen) atoms. The van der Waals surface area contributed by atoms with Crippen LogP contribution in [0.15, 0.2) is 53.4 Å². The van der Waals surface area contributed by atoms with Gasteiger partial charge in [0.2, 0.25) is 0 Å². The number of aliphatic hydroxyl groups is 1. The molecule has 0 saturated carbocycles. The lowest BCUT2D eigenvalue weighted by Gasteiger charge is -2.36. The molecule has 1 fully saturated rings. The smallest absolute Gasteiger partial charge is 0.254 e. The molecule has 3 nitrogen and oxygen atoms in total. The molecule has 2 aromatic carbocycles. The van der Waals surface area contributed by atoms with Gasteiger partial charge in [-0.1, -0.05) is 12.1 Å². The van der Waals surface area contributed by atoms with E-state index in [4.69, 9.17) is 5.11 Å². The summed E-state index contributed by atoms with van der Waals surface area (Å²) in [5, 5.41) is 8.89. The van der Waals surface area contributed by atoms with E-state index in [0.29, 0.717) is 17.9 Å². The van der Waals surface area contributed by atoms with E-state index in [1.807, 2.05) is 35.2 Å². The molecule has 1 heterocycles. The Kier molecular flexibility index (Phi) is 6.10. The Morgan fingerprint density at radius 1 is 1.20 bits per heavy atom. The maximum absolute atomic E-state index is 13.6. The highest BCUT2D eigenvalue weighted by Gasteiger charge is 2.28. The van der Waals surface area contributed by atoms with Gasteiger partial charge in [-0.25, -0.2) is 4.39 Å². The molecule has 0 aliphatic carbocycles. The topological polar surface area (TPSA) is 40.5 Å². The predicted molar refractivity (Wildman–Crippen MR) is 98.3 cm³/mol.